The summed E-state index contributed by atoms with van der Waals surface area (Å²) in [7, 11) is 3.14. The zero-order chi connectivity index (χ0) is 4.83. The first-order valence-corrected chi connectivity index (χ1v) is 3.73. The third-order valence-electron chi connectivity index (χ3n) is 0.192. The number of hydrogen-bond acceptors (Lipinski definition) is 2. The van der Waals surface area contributed by atoms with Gasteiger partial charge in [-0.05, 0) is 10.8 Å². The van der Waals surface area contributed by atoms with Crippen LogP contribution in [0.4, 0.5) is 0 Å². The summed E-state index contributed by atoms with van der Waals surface area (Å²) in [5.74, 6) is 0. The SMILES string of the molecule is C=CSSC=C.[W]. The fraction of sp³-hybridized carbons (Fsp3) is 0. The Bertz CT molecular complexity index is 45.7. The van der Waals surface area contributed by atoms with Crippen LogP contribution in [0.25, 0.3) is 0 Å². The summed E-state index contributed by atoms with van der Waals surface area (Å²) in [5, 5.41) is 3.54. The molecule has 0 atom stereocenters. The van der Waals surface area contributed by atoms with Gasteiger partial charge in [-0.25, -0.2) is 0 Å². The van der Waals surface area contributed by atoms with Crippen molar-refractivity contribution in [2.24, 2.45) is 0 Å². The average molecular weight is 302 g/mol. The Morgan fingerprint density at radius 1 is 1.00 bits per heavy atom. The van der Waals surface area contributed by atoms with Crippen LogP contribution >= 0.6 is 21.6 Å². The zero-order valence-corrected chi connectivity index (χ0v) is 8.36. The van der Waals surface area contributed by atoms with Gasteiger partial charge in [0, 0.05) is 21.1 Å². The Kier molecular flexibility index (Phi) is 15.4. The van der Waals surface area contributed by atoms with Crippen LogP contribution in [0.5, 0.6) is 0 Å². The first-order chi connectivity index (χ1) is 2.91. The van der Waals surface area contributed by atoms with Gasteiger partial charge in [0.25, 0.3) is 0 Å². The van der Waals surface area contributed by atoms with Crippen LogP contribution in [0.1, 0.15) is 0 Å². The van der Waals surface area contributed by atoms with Gasteiger partial charge in [-0.3, -0.25) is 0 Å². The van der Waals surface area contributed by atoms with Crippen LogP contribution in [0.2, 0.25) is 0 Å². The summed E-state index contributed by atoms with van der Waals surface area (Å²) >= 11 is 0. The molecule has 0 bridgehead atoms. The van der Waals surface area contributed by atoms with Crippen molar-refractivity contribution in [2.45, 2.75) is 0 Å². The van der Waals surface area contributed by atoms with Gasteiger partial charge in [0.05, 0.1) is 0 Å². The third kappa shape index (κ3) is 10.9. The van der Waals surface area contributed by atoms with Gasteiger partial charge in [0.2, 0.25) is 0 Å². The molecule has 0 aromatic carbocycles. The van der Waals surface area contributed by atoms with Crippen LogP contribution < -0.4 is 0 Å². The second-order valence-corrected chi connectivity index (χ2v) is 2.73. The van der Waals surface area contributed by atoms with Crippen molar-refractivity contribution >= 4 is 21.6 Å². The fourth-order valence-electron chi connectivity index (χ4n) is 0.0786. The molecule has 0 aliphatic heterocycles. The molecule has 0 aliphatic rings. The molecule has 0 aromatic heterocycles. The zero-order valence-electron chi connectivity index (χ0n) is 3.79. The number of hydrogen-bond donors (Lipinski definition) is 0. The van der Waals surface area contributed by atoms with E-state index >= 15 is 0 Å². The second kappa shape index (κ2) is 9.98. The van der Waals surface area contributed by atoms with Crippen LogP contribution in [-0.4, -0.2) is 0 Å². The van der Waals surface area contributed by atoms with Gasteiger partial charge < -0.3 is 0 Å². The largest absolute Gasteiger partial charge is 0.0918 e. The molecular weight excluding hydrogens is 296 g/mol. The van der Waals surface area contributed by atoms with E-state index in [1.165, 1.54) is 0 Å². The minimum absolute atomic E-state index is 0. The van der Waals surface area contributed by atoms with Gasteiger partial charge in [0.1, 0.15) is 0 Å². The maximum Gasteiger partial charge on any atom is 0 e. The quantitative estimate of drug-likeness (QED) is 0.581. The first kappa shape index (κ1) is 10.8. The minimum Gasteiger partial charge on any atom is -0.0918 e. The normalized spacial score (nSPS) is 6.29. The van der Waals surface area contributed by atoms with Gasteiger partial charge in [-0.1, -0.05) is 34.7 Å². The predicted octanol–water partition coefficient (Wildman–Crippen LogP) is 2.65. The molecule has 40 valence electrons. The van der Waals surface area contributed by atoms with E-state index in [0.717, 1.165) is 0 Å². The van der Waals surface area contributed by atoms with Crippen molar-refractivity contribution in [3.8, 4) is 0 Å². The average Bonchev–Trinajstić information content (AvgIpc) is 1.61. The van der Waals surface area contributed by atoms with E-state index in [2.05, 4.69) is 13.2 Å². The van der Waals surface area contributed by atoms with Crippen molar-refractivity contribution in [3.05, 3.63) is 24.0 Å². The summed E-state index contributed by atoms with van der Waals surface area (Å²) in [6.45, 7) is 6.99. The standard InChI is InChI=1S/C4H6S2.W/c1-3-5-6-4-2;/h3-4H,1-2H2;. The van der Waals surface area contributed by atoms with E-state index in [4.69, 9.17) is 0 Å². The molecule has 7 heavy (non-hydrogen) atoms. The van der Waals surface area contributed by atoms with E-state index in [9.17, 15) is 0 Å². The third-order valence-corrected chi connectivity index (χ3v) is 1.72. The Labute approximate surface area is 66.5 Å². The molecular formula is C4H6S2W. The molecule has 0 heterocycles. The molecule has 0 unspecified atom stereocenters. The topological polar surface area (TPSA) is 0 Å². The summed E-state index contributed by atoms with van der Waals surface area (Å²) < 4.78 is 0. The molecule has 0 nitrogen and oxygen atoms in total. The summed E-state index contributed by atoms with van der Waals surface area (Å²) in [6, 6.07) is 0. The van der Waals surface area contributed by atoms with Crippen molar-refractivity contribution in [2.75, 3.05) is 0 Å². The maximum absolute atomic E-state index is 3.49. The van der Waals surface area contributed by atoms with Gasteiger partial charge in [-0.2, -0.15) is 0 Å². The molecule has 0 aliphatic carbocycles. The van der Waals surface area contributed by atoms with Crippen LogP contribution in [0, 0.1) is 0 Å². The Morgan fingerprint density at radius 2 is 1.29 bits per heavy atom. The van der Waals surface area contributed by atoms with Gasteiger partial charge in [-0.15, -0.1) is 0 Å². The van der Waals surface area contributed by atoms with Gasteiger partial charge >= 0.3 is 0 Å². The Balaban J connectivity index is 0. The number of rotatable bonds is 3. The van der Waals surface area contributed by atoms with Crippen molar-refractivity contribution in [1.82, 2.24) is 0 Å². The monoisotopic (exact) mass is 302 g/mol. The minimum atomic E-state index is 0. The second-order valence-electron chi connectivity index (χ2n) is 0.526. The van der Waals surface area contributed by atoms with E-state index in [1.807, 2.05) is 0 Å². The molecule has 0 saturated heterocycles. The molecule has 0 aromatic rings. The summed E-state index contributed by atoms with van der Waals surface area (Å²) in [6.07, 6.45) is 0. The van der Waals surface area contributed by atoms with Crippen LogP contribution in [0.15, 0.2) is 24.0 Å². The van der Waals surface area contributed by atoms with Gasteiger partial charge in [0.15, 0.2) is 0 Å². The van der Waals surface area contributed by atoms with E-state index < -0.39 is 0 Å². The summed E-state index contributed by atoms with van der Waals surface area (Å²) in [4.78, 5) is 0. The Morgan fingerprint density at radius 3 is 1.43 bits per heavy atom. The fourth-order valence-corrected chi connectivity index (χ4v) is 0.707. The van der Waals surface area contributed by atoms with Crippen molar-refractivity contribution < 1.29 is 21.1 Å². The smallest absolute Gasteiger partial charge is 0 e. The van der Waals surface area contributed by atoms with Crippen molar-refractivity contribution in [1.29, 1.82) is 0 Å². The first-order valence-electron chi connectivity index (χ1n) is 1.45. The molecule has 0 rings (SSSR count). The van der Waals surface area contributed by atoms with E-state index in [1.54, 1.807) is 32.4 Å². The maximum atomic E-state index is 3.49. The predicted molar refractivity (Wildman–Crippen MR) is 35.6 cm³/mol. The molecule has 3 heteroatoms. The Hall–Kier alpha value is 0.868. The molecule has 0 fully saturated rings. The van der Waals surface area contributed by atoms with Crippen LogP contribution in [0.3, 0.4) is 0 Å². The van der Waals surface area contributed by atoms with Crippen molar-refractivity contribution in [3.63, 3.8) is 0 Å². The molecule has 0 radical (unpaired) electrons. The summed E-state index contributed by atoms with van der Waals surface area (Å²) in [5.41, 5.74) is 0. The van der Waals surface area contributed by atoms with E-state index in [-0.39, 0.29) is 21.1 Å². The molecule has 0 amide bonds. The van der Waals surface area contributed by atoms with Crippen LogP contribution in [-0.2, 0) is 21.1 Å². The molecule has 0 N–H and O–H groups in total. The molecule has 0 spiro atoms. The molecule has 0 saturated carbocycles. The van der Waals surface area contributed by atoms with E-state index in [0.29, 0.717) is 0 Å².